The quantitative estimate of drug-likeness (QED) is 0.133. The van der Waals surface area contributed by atoms with E-state index in [1.54, 1.807) is 0 Å². The van der Waals surface area contributed by atoms with Crippen LogP contribution in [0.5, 0.6) is 0 Å². The fourth-order valence-corrected chi connectivity index (χ4v) is 8.65. The van der Waals surface area contributed by atoms with Crippen molar-refractivity contribution in [2.45, 2.75) is 136 Å². The van der Waals surface area contributed by atoms with Crippen molar-refractivity contribution in [2.24, 2.45) is 11.3 Å². The van der Waals surface area contributed by atoms with Gasteiger partial charge in [0, 0.05) is 38.2 Å². The van der Waals surface area contributed by atoms with Crippen LogP contribution in [-0.4, -0.2) is 66.2 Å². The van der Waals surface area contributed by atoms with E-state index in [-0.39, 0.29) is 36.0 Å². The van der Waals surface area contributed by atoms with E-state index in [1.165, 1.54) is 13.8 Å². The summed E-state index contributed by atoms with van der Waals surface area (Å²) in [4.78, 5) is 25.5. The first-order chi connectivity index (χ1) is 23.0. The lowest BCUT2D eigenvalue weighted by molar-refractivity contribution is -0.273. The summed E-state index contributed by atoms with van der Waals surface area (Å²) in [7, 11) is -4.65. The average molecular weight is 729 g/mol. The maximum absolute atomic E-state index is 12.9. The smallest absolute Gasteiger partial charge is 0.303 e. The monoisotopic (exact) mass is 728 g/mol. The molecule has 5 atom stereocenters. The van der Waals surface area contributed by atoms with Crippen molar-refractivity contribution in [1.29, 1.82) is 0 Å². The van der Waals surface area contributed by atoms with Gasteiger partial charge in [0.05, 0.1) is 25.9 Å². The zero-order chi connectivity index (χ0) is 37.6. The highest BCUT2D eigenvalue weighted by molar-refractivity contribution is 6.74. The number of carbonyl (C=O) groups is 2. The van der Waals surface area contributed by atoms with Gasteiger partial charge in [0.2, 0.25) is 0 Å². The minimum Gasteiger partial charge on any atom is -0.463 e. The van der Waals surface area contributed by atoms with Gasteiger partial charge < -0.3 is 27.8 Å². The third-order valence-corrected chi connectivity index (χ3v) is 20.4. The van der Waals surface area contributed by atoms with Crippen molar-refractivity contribution < 1.29 is 37.4 Å². The SMILES string of the molecule is CC(=O)OC[C@]1(OCc2ccccc2)[C@H](OC(C)=O)C[C@H](O[Si](C)(C)C(C)(C)C)[C@@](C)(CO[Si](C)(C)C(C)(C)C)[C@@H]1COCc1ccccc1. The molecule has 8 nitrogen and oxygen atoms in total. The third-order valence-electron chi connectivity index (χ3n) is 11.4. The first kappa shape index (κ1) is 42.1. The van der Waals surface area contributed by atoms with Crippen molar-refractivity contribution in [3.05, 3.63) is 71.8 Å². The molecule has 10 heteroatoms. The molecule has 0 unspecified atom stereocenters. The second kappa shape index (κ2) is 16.5. The van der Waals surface area contributed by atoms with Gasteiger partial charge in [-0.15, -0.1) is 0 Å². The zero-order valence-corrected chi connectivity index (χ0v) is 35.0. The van der Waals surface area contributed by atoms with Gasteiger partial charge in [0.25, 0.3) is 0 Å². The maximum atomic E-state index is 12.9. The molecule has 0 N–H and O–H groups in total. The van der Waals surface area contributed by atoms with E-state index in [4.69, 9.17) is 27.8 Å². The van der Waals surface area contributed by atoms with E-state index in [2.05, 4.69) is 74.7 Å². The molecule has 0 aromatic heterocycles. The topological polar surface area (TPSA) is 89.5 Å². The van der Waals surface area contributed by atoms with Crippen molar-refractivity contribution >= 4 is 28.6 Å². The largest absolute Gasteiger partial charge is 0.463 e. The molecule has 1 aliphatic carbocycles. The molecule has 2 aromatic carbocycles. The molecule has 0 spiro atoms. The summed E-state index contributed by atoms with van der Waals surface area (Å²) in [6.07, 6.45) is -0.841. The predicted octanol–water partition coefficient (Wildman–Crippen LogP) is 9.09. The highest BCUT2D eigenvalue weighted by atomic mass is 28.4. The molecule has 3 rings (SSSR count). The molecular weight excluding hydrogens is 665 g/mol. The second-order valence-electron chi connectivity index (χ2n) is 17.3. The molecule has 50 heavy (non-hydrogen) atoms. The van der Waals surface area contributed by atoms with Crippen LogP contribution >= 0.6 is 0 Å². The highest BCUT2D eigenvalue weighted by Crippen LogP contribution is 2.54. The maximum Gasteiger partial charge on any atom is 0.303 e. The molecule has 0 bridgehead atoms. The fraction of sp³-hybridized carbons (Fsp3) is 0.650. The first-order valence-electron chi connectivity index (χ1n) is 18.0. The fourth-order valence-electron chi connectivity index (χ4n) is 6.11. The minimum atomic E-state index is -2.38. The van der Waals surface area contributed by atoms with Gasteiger partial charge >= 0.3 is 11.9 Å². The molecule has 1 aliphatic rings. The van der Waals surface area contributed by atoms with Crippen molar-refractivity contribution in [3.63, 3.8) is 0 Å². The molecule has 2 aromatic rings. The van der Waals surface area contributed by atoms with Crippen LogP contribution in [-0.2, 0) is 50.6 Å². The first-order valence-corrected chi connectivity index (χ1v) is 23.8. The second-order valence-corrected chi connectivity index (χ2v) is 26.9. The van der Waals surface area contributed by atoms with Crippen LogP contribution < -0.4 is 0 Å². The molecule has 280 valence electrons. The summed E-state index contributed by atoms with van der Waals surface area (Å²) >= 11 is 0. The Morgan fingerprint density at radius 2 is 1.26 bits per heavy atom. The van der Waals surface area contributed by atoms with Gasteiger partial charge in [-0.3, -0.25) is 9.59 Å². The van der Waals surface area contributed by atoms with Crippen LogP contribution in [0.1, 0.15) is 79.9 Å². The number of ether oxygens (including phenoxy) is 4. The number of carbonyl (C=O) groups excluding carboxylic acids is 2. The van der Waals surface area contributed by atoms with Gasteiger partial charge in [-0.25, -0.2) is 0 Å². The van der Waals surface area contributed by atoms with Crippen molar-refractivity contribution in [1.82, 2.24) is 0 Å². The van der Waals surface area contributed by atoms with Crippen LogP contribution in [0.4, 0.5) is 0 Å². The van der Waals surface area contributed by atoms with Crippen molar-refractivity contribution in [3.8, 4) is 0 Å². The molecule has 1 fully saturated rings. The Morgan fingerprint density at radius 1 is 0.740 bits per heavy atom. The van der Waals surface area contributed by atoms with E-state index in [1.807, 2.05) is 60.7 Å². The summed E-state index contributed by atoms with van der Waals surface area (Å²) in [5.41, 5.74) is -0.0270. The van der Waals surface area contributed by atoms with E-state index in [0.29, 0.717) is 19.6 Å². The summed E-state index contributed by atoms with van der Waals surface area (Å²) in [5.74, 6) is -1.38. The van der Waals surface area contributed by atoms with Gasteiger partial charge in [0.1, 0.15) is 18.3 Å². The summed E-state index contributed by atoms with van der Waals surface area (Å²) in [6.45, 7) is 28.4. The minimum absolute atomic E-state index is 0.0357. The lowest BCUT2D eigenvalue weighted by Crippen LogP contribution is -2.71. The summed E-state index contributed by atoms with van der Waals surface area (Å²) in [5, 5.41) is -0.119. The van der Waals surface area contributed by atoms with Gasteiger partial charge in [-0.1, -0.05) is 109 Å². The van der Waals surface area contributed by atoms with E-state index in [0.717, 1.165) is 11.1 Å². The molecule has 0 aliphatic heterocycles. The van der Waals surface area contributed by atoms with Crippen LogP contribution in [0.25, 0.3) is 0 Å². The number of rotatable bonds is 15. The normalized spacial score (nSPS) is 24.9. The number of hydrogen-bond donors (Lipinski definition) is 0. The van der Waals surface area contributed by atoms with E-state index >= 15 is 0 Å². The lowest BCUT2D eigenvalue weighted by atomic mass is 9.58. The molecular formula is C40H64O8Si2. The third kappa shape index (κ3) is 10.4. The Labute approximate surface area is 304 Å². The Morgan fingerprint density at radius 3 is 1.74 bits per heavy atom. The van der Waals surface area contributed by atoms with E-state index < -0.39 is 51.6 Å². The lowest BCUT2D eigenvalue weighted by Gasteiger charge is -2.60. The van der Waals surface area contributed by atoms with Crippen LogP contribution in [0.15, 0.2) is 60.7 Å². The summed E-state index contributed by atoms with van der Waals surface area (Å²) in [6, 6.07) is 19.9. The Kier molecular flexibility index (Phi) is 13.9. The zero-order valence-electron chi connectivity index (χ0n) is 33.0. The van der Waals surface area contributed by atoms with Gasteiger partial charge in [-0.2, -0.15) is 0 Å². The Bertz CT molecular complexity index is 1390. The van der Waals surface area contributed by atoms with Crippen LogP contribution in [0.3, 0.4) is 0 Å². The Balaban J connectivity index is 2.29. The van der Waals surface area contributed by atoms with Crippen LogP contribution in [0.2, 0.25) is 36.3 Å². The number of esters is 2. The van der Waals surface area contributed by atoms with Gasteiger partial charge in [-0.05, 0) is 47.4 Å². The van der Waals surface area contributed by atoms with Crippen LogP contribution in [0, 0.1) is 11.3 Å². The molecule has 0 radical (unpaired) electrons. The van der Waals surface area contributed by atoms with Crippen molar-refractivity contribution in [2.75, 3.05) is 19.8 Å². The van der Waals surface area contributed by atoms with Gasteiger partial charge in [0.15, 0.2) is 16.6 Å². The molecule has 0 heterocycles. The average Bonchev–Trinajstić information content (AvgIpc) is 3.01. The molecule has 1 saturated carbocycles. The molecule has 0 amide bonds. The summed E-state index contributed by atoms with van der Waals surface area (Å²) < 4.78 is 40.3. The number of hydrogen-bond acceptors (Lipinski definition) is 8. The Hall–Kier alpha value is -2.35. The number of benzene rings is 2. The van der Waals surface area contributed by atoms with E-state index in [9.17, 15) is 9.59 Å². The predicted molar refractivity (Wildman–Crippen MR) is 204 cm³/mol. The standard InChI is InChI=1S/C40H64O8Si2/c1-30(41)44-29-40(45-26-33-22-18-15-19-23-33)34(27-43-25-32-20-16-14-17-21-32)39(9,28-46-49(10,11)37(3,4)5)35(24-36(40)47-31(2)42)48-50(12,13)38(6,7)8/h14-23,34-36H,24-29H2,1-13H3/t34-,35-,36+,39-,40+/m0/s1. The molecule has 0 saturated heterocycles. The highest BCUT2D eigenvalue weighted by Gasteiger charge is 2.65.